The molecular formula is C22H23N7O. The number of hydrogen-bond donors (Lipinski definition) is 1. The Morgan fingerprint density at radius 1 is 1.10 bits per heavy atom. The summed E-state index contributed by atoms with van der Waals surface area (Å²) in [6.07, 6.45) is 12.2. The van der Waals surface area contributed by atoms with Crippen molar-refractivity contribution in [3.05, 3.63) is 48.7 Å². The van der Waals surface area contributed by atoms with Crippen molar-refractivity contribution in [3.8, 4) is 11.1 Å². The van der Waals surface area contributed by atoms with Gasteiger partial charge in [-0.1, -0.05) is 0 Å². The van der Waals surface area contributed by atoms with Crippen LogP contribution in [0.3, 0.4) is 0 Å². The largest absolute Gasteiger partial charge is 0.353 e. The van der Waals surface area contributed by atoms with E-state index in [0.29, 0.717) is 11.6 Å². The van der Waals surface area contributed by atoms with Crippen LogP contribution in [0, 0.1) is 5.92 Å². The monoisotopic (exact) mass is 401 g/mol. The first-order valence-electron chi connectivity index (χ1n) is 10.6. The summed E-state index contributed by atoms with van der Waals surface area (Å²) in [4.78, 5) is 23.7. The third-order valence-electron chi connectivity index (χ3n) is 6.09. The SMILES string of the molecule is O=C(c1cnc2ccc(-c3ccn4nc(NCC5CC5)ncc34)cn12)N1CCCC1. The van der Waals surface area contributed by atoms with Gasteiger partial charge in [-0.3, -0.25) is 9.20 Å². The Morgan fingerprint density at radius 2 is 1.97 bits per heavy atom. The molecule has 6 rings (SSSR count). The lowest BCUT2D eigenvalue weighted by Crippen LogP contribution is -2.28. The predicted molar refractivity (Wildman–Crippen MR) is 114 cm³/mol. The molecule has 0 spiro atoms. The van der Waals surface area contributed by atoms with Gasteiger partial charge in [-0.15, -0.1) is 5.10 Å². The molecule has 4 aromatic heterocycles. The molecule has 0 atom stereocenters. The fourth-order valence-corrected chi connectivity index (χ4v) is 4.16. The number of rotatable bonds is 5. The molecule has 2 fully saturated rings. The Kier molecular flexibility index (Phi) is 3.97. The van der Waals surface area contributed by atoms with Crippen LogP contribution in [-0.4, -0.2) is 54.4 Å². The summed E-state index contributed by atoms with van der Waals surface area (Å²) in [5.41, 5.74) is 4.34. The first kappa shape index (κ1) is 17.4. The minimum atomic E-state index is 0.0496. The number of likely N-dealkylation sites (tertiary alicyclic amines) is 1. The lowest BCUT2D eigenvalue weighted by atomic mass is 10.1. The first-order valence-corrected chi connectivity index (χ1v) is 10.6. The number of fused-ring (bicyclic) bond motifs is 2. The van der Waals surface area contributed by atoms with Crippen molar-refractivity contribution in [1.82, 2.24) is 28.9 Å². The number of hydrogen-bond acceptors (Lipinski definition) is 5. The number of pyridine rings is 1. The highest BCUT2D eigenvalue weighted by Gasteiger charge is 2.23. The van der Waals surface area contributed by atoms with Crippen LogP contribution >= 0.6 is 0 Å². The summed E-state index contributed by atoms with van der Waals surface area (Å²) in [7, 11) is 0. The molecule has 5 heterocycles. The number of nitrogens with zero attached hydrogens (tertiary/aromatic N) is 6. The average molecular weight is 401 g/mol. The zero-order chi connectivity index (χ0) is 20.1. The second-order valence-corrected chi connectivity index (χ2v) is 8.25. The van der Waals surface area contributed by atoms with Gasteiger partial charge in [0.25, 0.3) is 5.91 Å². The van der Waals surface area contributed by atoms with E-state index in [1.165, 1.54) is 12.8 Å². The van der Waals surface area contributed by atoms with Gasteiger partial charge in [-0.05, 0) is 49.8 Å². The van der Waals surface area contributed by atoms with E-state index in [4.69, 9.17) is 0 Å². The predicted octanol–water partition coefficient (Wildman–Crippen LogP) is 3.10. The van der Waals surface area contributed by atoms with Crippen LogP contribution < -0.4 is 5.32 Å². The van der Waals surface area contributed by atoms with Crippen molar-refractivity contribution >= 4 is 23.0 Å². The van der Waals surface area contributed by atoms with Gasteiger partial charge in [0.15, 0.2) is 0 Å². The molecule has 8 nitrogen and oxygen atoms in total. The number of carbonyl (C=O) groups is 1. The van der Waals surface area contributed by atoms with Crippen molar-refractivity contribution < 1.29 is 4.79 Å². The van der Waals surface area contributed by atoms with E-state index in [1.54, 1.807) is 6.20 Å². The normalized spacial score (nSPS) is 16.6. The molecule has 2 aliphatic rings. The summed E-state index contributed by atoms with van der Waals surface area (Å²) in [6.45, 7) is 2.58. The quantitative estimate of drug-likeness (QED) is 0.556. The third kappa shape index (κ3) is 2.99. The second-order valence-electron chi connectivity index (χ2n) is 8.25. The van der Waals surface area contributed by atoms with Gasteiger partial charge in [0.05, 0.1) is 17.9 Å². The number of carbonyl (C=O) groups excluding carboxylic acids is 1. The van der Waals surface area contributed by atoms with E-state index in [9.17, 15) is 4.79 Å². The van der Waals surface area contributed by atoms with E-state index in [-0.39, 0.29) is 5.91 Å². The van der Waals surface area contributed by atoms with E-state index in [0.717, 1.165) is 60.7 Å². The maximum absolute atomic E-state index is 12.9. The van der Waals surface area contributed by atoms with E-state index in [2.05, 4.69) is 20.4 Å². The van der Waals surface area contributed by atoms with Crippen LogP contribution in [0.25, 0.3) is 22.3 Å². The molecule has 0 unspecified atom stereocenters. The minimum Gasteiger partial charge on any atom is -0.353 e. The summed E-state index contributed by atoms with van der Waals surface area (Å²) >= 11 is 0. The van der Waals surface area contributed by atoms with Crippen LogP contribution in [0.2, 0.25) is 0 Å². The molecule has 0 radical (unpaired) electrons. The third-order valence-corrected chi connectivity index (χ3v) is 6.09. The van der Waals surface area contributed by atoms with Crippen molar-refractivity contribution in [2.75, 3.05) is 25.0 Å². The Morgan fingerprint density at radius 3 is 2.80 bits per heavy atom. The lowest BCUT2D eigenvalue weighted by molar-refractivity contribution is 0.0786. The topological polar surface area (TPSA) is 79.8 Å². The molecule has 1 saturated heterocycles. The van der Waals surface area contributed by atoms with Crippen molar-refractivity contribution in [2.45, 2.75) is 25.7 Å². The summed E-state index contributed by atoms with van der Waals surface area (Å²) in [5, 5.41) is 7.90. The number of amides is 1. The average Bonchev–Trinajstić information content (AvgIpc) is 3.17. The molecule has 0 bridgehead atoms. The van der Waals surface area contributed by atoms with Gasteiger partial charge in [0, 0.05) is 43.2 Å². The zero-order valence-corrected chi connectivity index (χ0v) is 16.7. The molecule has 1 saturated carbocycles. The maximum atomic E-state index is 12.9. The molecule has 1 aliphatic heterocycles. The first-order chi connectivity index (χ1) is 14.8. The van der Waals surface area contributed by atoms with E-state index >= 15 is 0 Å². The van der Waals surface area contributed by atoms with Crippen LogP contribution in [0.5, 0.6) is 0 Å². The highest BCUT2D eigenvalue weighted by Crippen LogP contribution is 2.29. The van der Waals surface area contributed by atoms with E-state index < -0.39 is 0 Å². The number of imidazole rings is 1. The highest BCUT2D eigenvalue weighted by atomic mass is 16.2. The molecule has 8 heteroatoms. The lowest BCUT2D eigenvalue weighted by Gasteiger charge is -2.14. The standard InChI is InChI=1S/C22H23N7O/c30-21(27-8-1-2-9-27)19-13-23-20-6-5-16(14-28(19)20)17-7-10-29-18(17)12-25-22(26-29)24-11-15-3-4-15/h5-7,10,12-15H,1-4,8-9,11H2,(H,24,26). The van der Waals surface area contributed by atoms with Crippen LogP contribution in [-0.2, 0) is 0 Å². The minimum absolute atomic E-state index is 0.0496. The molecule has 4 aromatic rings. The number of anilines is 1. The Balaban J connectivity index is 1.35. The van der Waals surface area contributed by atoms with Gasteiger partial charge in [-0.2, -0.15) is 0 Å². The summed E-state index contributed by atoms with van der Waals surface area (Å²) in [6, 6.07) is 6.02. The van der Waals surface area contributed by atoms with Crippen molar-refractivity contribution in [2.24, 2.45) is 5.92 Å². The van der Waals surface area contributed by atoms with Crippen LogP contribution in [0.4, 0.5) is 5.95 Å². The number of aromatic nitrogens is 5. The highest BCUT2D eigenvalue weighted by molar-refractivity contribution is 5.93. The van der Waals surface area contributed by atoms with Crippen LogP contribution in [0.15, 0.2) is 43.0 Å². The van der Waals surface area contributed by atoms with Gasteiger partial charge in [0.2, 0.25) is 5.95 Å². The fourth-order valence-electron chi connectivity index (χ4n) is 4.16. The second kappa shape index (κ2) is 6.83. The zero-order valence-electron chi connectivity index (χ0n) is 16.7. The molecule has 1 amide bonds. The summed E-state index contributed by atoms with van der Waals surface area (Å²) in [5.74, 6) is 1.47. The van der Waals surface area contributed by atoms with Crippen LogP contribution in [0.1, 0.15) is 36.2 Å². The number of nitrogens with one attached hydrogen (secondary N) is 1. The molecular weight excluding hydrogens is 378 g/mol. The van der Waals surface area contributed by atoms with Crippen molar-refractivity contribution in [3.63, 3.8) is 0 Å². The van der Waals surface area contributed by atoms with Gasteiger partial charge in [-0.25, -0.2) is 14.5 Å². The van der Waals surface area contributed by atoms with Crippen molar-refractivity contribution in [1.29, 1.82) is 0 Å². The molecule has 1 N–H and O–H groups in total. The van der Waals surface area contributed by atoms with Gasteiger partial charge < -0.3 is 10.2 Å². The molecule has 0 aromatic carbocycles. The molecule has 152 valence electrons. The Hall–Kier alpha value is -3.42. The summed E-state index contributed by atoms with van der Waals surface area (Å²) < 4.78 is 3.75. The van der Waals surface area contributed by atoms with Gasteiger partial charge >= 0.3 is 0 Å². The Labute approximate surface area is 173 Å². The fraction of sp³-hybridized carbons (Fsp3) is 0.364. The van der Waals surface area contributed by atoms with E-state index in [1.807, 2.05) is 50.6 Å². The smallest absolute Gasteiger partial charge is 0.272 e. The maximum Gasteiger partial charge on any atom is 0.272 e. The van der Waals surface area contributed by atoms with Gasteiger partial charge in [0.1, 0.15) is 11.3 Å². The molecule has 1 aliphatic carbocycles. The Bertz CT molecular complexity index is 1250. The molecule has 30 heavy (non-hydrogen) atoms.